The molecule has 0 spiro atoms. The van der Waals surface area contributed by atoms with E-state index >= 15 is 0 Å². The van der Waals surface area contributed by atoms with Crippen LogP contribution in [0.15, 0.2) is 30.3 Å². The Labute approximate surface area is 126 Å². The molecule has 4 bridgehead atoms. The van der Waals surface area contributed by atoms with Crippen LogP contribution >= 0.6 is 0 Å². The topological polar surface area (TPSA) is 45.7 Å². The van der Waals surface area contributed by atoms with Gasteiger partial charge in [-0.25, -0.2) is 0 Å². The number of quaternary nitrogens is 1. The molecule has 0 atom stereocenters. The van der Waals surface area contributed by atoms with Crippen LogP contribution < -0.4 is 10.6 Å². The molecule has 3 heteroatoms. The lowest BCUT2D eigenvalue weighted by atomic mass is 9.53. The number of amides is 1. The molecule has 0 unspecified atom stereocenters. The summed E-state index contributed by atoms with van der Waals surface area (Å²) in [6, 6.07) is 9.78. The number of benzene rings is 1. The van der Waals surface area contributed by atoms with E-state index in [1.165, 1.54) is 38.5 Å². The predicted octanol–water partition coefficient (Wildman–Crippen LogP) is 2.16. The first-order valence-corrected chi connectivity index (χ1v) is 8.40. The predicted molar refractivity (Wildman–Crippen MR) is 82.8 cm³/mol. The van der Waals surface area contributed by atoms with Gasteiger partial charge in [0.05, 0.1) is 5.54 Å². The molecule has 4 saturated carbocycles. The minimum atomic E-state index is 0.136. The smallest absolute Gasteiger partial charge is 0.279 e. The van der Waals surface area contributed by atoms with Gasteiger partial charge in [-0.15, -0.1) is 0 Å². The summed E-state index contributed by atoms with van der Waals surface area (Å²) in [7, 11) is 0. The van der Waals surface area contributed by atoms with E-state index in [2.05, 4.69) is 10.6 Å². The Balaban J connectivity index is 1.35. The highest BCUT2D eigenvalue weighted by Crippen LogP contribution is 2.54. The van der Waals surface area contributed by atoms with Crippen molar-refractivity contribution in [3.8, 4) is 0 Å². The Morgan fingerprint density at radius 1 is 1.05 bits per heavy atom. The molecule has 1 aromatic rings. The number of carbonyl (C=O) groups excluding carboxylic acids is 1. The fourth-order valence-corrected chi connectivity index (χ4v) is 5.47. The van der Waals surface area contributed by atoms with E-state index in [0.717, 1.165) is 23.4 Å². The molecule has 21 heavy (non-hydrogen) atoms. The third-order valence-corrected chi connectivity index (χ3v) is 5.86. The molecule has 0 heterocycles. The van der Waals surface area contributed by atoms with Crippen molar-refractivity contribution in [1.29, 1.82) is 0 Å². The van der Waals surface area contributed by atoms with Crippen molar-refractivity contribution >= 4 is 11.6 Å². The van der Waals surface area contributed by atoms with E-state index < -0.39 is 0 Å². The fourth-order valence-electron chi connectivity index (χ4n) is 5.47. The Morgan fingerprint density at radius 3 is 2.19 bits per heavy atom. The van der Waals surface area contributed by atoms with E-state index in [4.69, 9.17) is 0 Å². The van der Waals surface area contributed by atoms with Crippen LogP contribution in [-0.4, -0.2) is 18.0 Å². The lowest BCUT2D eigenvalue weighted by molar-refractivity contribution is -0.729. The first-order valence-electron chi connectivity index (χ1n) is 8.40. The molecule has 0 radical (unpaired) electrons. The SMILES string of the molecule is O=C(C[NH2+]C12CC3CC(CC(C3)C1)C2)Nc1ccccc1. The maximum atomic E-state index is 12.2. The molecule has 0 aromatic heterocycles. The molecule has 112 valence electrons. The van der Waals surface area contributed by atoms with Crippen molar-refractivity contribution in [3.05, 3.63) is 30.3 Å². The summed E-state index contributed by atoms with van der Waals surface area (Å²) in [5, 5.41) is 5.38. The van der Waals surface area contributed by atoms with Gasteiger partial charge < -0.3 is 10.6 Å². The maximum absolute atomic E-state index is 12.2. The third-order valence-electron chi connectivity index (χ3n) is 5.86. The number of hydrogen-bond donors (Lipinski definition) is 2. The first-order chi connectivity index (χ1) is 10.2. The molecular weight excluding hydrogens is 260 g/mol. The van der Waals surface area contributed by atoms with E-state index in [1.54, 1.807) is 0 Å². The fraction of sp³-hybridized carbons (Fsp3) is 0.611. The largest absolute Gasteiger partial charge is 0.334 e. The zero-order chi connectivity index (χ0) is 14.3. The summed E-state index contributed by atoms with van der Waals surface area (Å²) >= 11 is 0. The van der Waals surface area contributed by atoms with Crippen LogP contribution in [0.25, 0.3) is 0 Å². The van der Waals surface area contributed by atoms with Crippen LogP contribution in [0.2, 0.25) is 0 Å². The number of para-hydroxylation sites is 1. The van der Waals surface area contributed by atoms with Gasteiger partial charge in [0, 0.05) is 24.9 Å². The zero-order valence-corrected chi connectivity index (χ0v) is 12.6. The quantitative estimate of drug-likeness (QED) is 0.875. The molecule has 3 nitrogen and oxygen atoms in total. The second-order valence-corrected chi connectivity index (χ2v) is 7.60. The Bertz CT molecular complexity index is 490. The van der Waals surface area contributed by atoms with Crippen molar-refractivity contribution in [2.75, 3.05) is 11.9 Å². The first kappa shape index (κ1) is 13.3. The highest BCUT2D eigenvalue weighted by molar-refractivity contribution is 5.91. The van der Waals surface area contributed by atoms with E-state index in [-0.39, 0.29) is 5.91 Å². The van der Waals surface area contributed by atoms with Gasteiger partial charge in [0.1, 0.15) is 0 Å². The summed E-state index contributed by atoms with van der Waals surface area (Å²) in [6.07, 6.45) is 8.42. The molecule has 1 aromatic carbocycles. The van der Waals surface area contributed by atoms with Gasteiger partial charge in [-0.3, -0.25) is 4.79 Å². The lowest BCUT2D eigenvalue weighted by Gasteiger charge is -2.54. The second kappa shape index (κ2) is 5.13. The van der Waals surface area contributed by atoms with Crippen molar-refractivity contribution in [2.24, 2.45) is 17.8 Å². The number of carbonyl (C=O) groups is 1. The standard InChI is InChI=1S/C18H24N2O/c21-17(20-16-4-2-1-3-5-16)12-19-18-9-13-6-14(10-18)8-15(7-13)11-18/h1-5,13-15,19H,6-12H2,(H,20,21)/p+1. The summed E-state index contributed by atoms with van der Waals surface area (Å²) in [5.41, 5.74) is 1.30. The average molecular weight is 285 g/mol. The number of nitrogens with two attached hydrogens (primary N) is 1. The maximum Gasteiger partial charge on any atom is 0.279 e. The highest BCUT2D eigenvalue weighted by Gasteiger charge is 2.53. The van der Waals surface area contributed by atoms with Crippen LogP contribution in [0, 0.1) is 17.8 Å². The molecule has 1 amide bonds. The van der Waals surface area contributed by atoms with Gasteiger partial charge in [0.2, 0.25) is 0 Å². The molecule has 4 aliphatic carbocycles. The monoisotopic (exact) mass is 285 g/mol. The minimum Gasteiger partial charge on any atom is -0.334 e. The minimum absolute atomic E-state index is 0.136. The molecule has 4 fully saturated rings. The van der Waals surface area contributed by atoms with Crippen molar-refractivity contribution in [1.82, 2.24) is 0 Å². The highest BCUT2D eigenvalue weighted by atomic mass is 16.1. The van der Waals surface area contributed by atoms with Crippen LogP contribution in [-0.2, 0) is 4.79 Å². The number of rotatable bonds is 4. The molecule has 0 saturated heterocycles. The van der Waals surface area contributed by atoms with E-state index in [9.17, 15) is 4.79 Å². The number of nitrogens with one attached hydrogen (secondary N) is 1. The Hall–Kier alpha value is -1.35. The van der Waals surface area contributed by atoms with Crippen molar-refractivity contribution < 1.29 is 10.1 Å². The molecule has 5 rings (SSSR count). The molecular formula is C18H25N2O+. The second-order valence-electron chi connectivity index (χ2n) is 7.60. The Kier molecular flexibility index (Phi) is 3.26. The van der Waals surface area contributed by atoms with Gasteiger partial charge in [-0.1, -0.05) is 18.2 Å². The molecule has 4 aliphatic rings. The van der Waals surface area contributed by atoms with Crippen LogP contribution in [0.3, 0.4) is 0 Å². The van der Waals surface area contributed by atoms with E-state index in [0.29, 0.717) is 12.1 Å². The van der Waals surface area contributed by atoms with Crippen molar-refractivity contribution in [3.63, 3.8) is 0 Å². The van der Waals surface area contributed by atoms with Crippen LogP contribution in [0.4, 0.5) is 5.69 Å². The van der Waals surface area contributed by atoms with Crippen LogP contribution in [0.1, 0.15) is 38.5 Å². The van der Waals surface area contributed by atoms with Gasteiger partial charge in [-0.05, 0) is 49.1 Å². The summed E-state index contributed by atoms with van der Waals surface area (Å²) in [5.74, 6) is 2.98. The van der Waals surface area contributed by atoms with Crippen LogP contribution in [0.5, 0.6) is 0 Å². The number of anilines is 1. The van der Waals surface area contributed by atoms with Gasteiger partial charge >= 0.3 is 0 Å². The van der Waals surface area contributed by atoms with Gasteiger partial charge in [0.25, 0.3) is 5.91 Å². The average Bonchev–Trinajstić information content (AvgIpc) is 2.45. The Morgan fingerprint density at radius 2 is 1.62 bits per heavy atom. The van der Waals surface area contributed by atoms with Gasteiger partial charge in [-0.2, -0.15) is 0 Å². The number of hydrogen-bond acceptors (Lipinski definition) is 1. The zero-order valence-electron chi connectivity index (χ0n) is 12.6. The van der Waals surface area contributed by atoms with Crippen molar-refractivity contribution in [2.45, 2.75) is 44.1 Å². The third kappa shape index (κ3) is 2.71. The summed E-state index contributed by atoms with van der Waals surface area (Å²) < 4.78 is 0. The normalized spacial score (nSPS) is 36.7. The summed E-state index contributed by atoms with van der Waals surface area (Å²) in [6.45, 7) is 0.570. The lowest BCUT2D eigenvalue weighted by Crippen LogP contribution is -3.00. The summed E-state index contributed by atoms with van der Waals surface area (Å²) in [4.78, 5) is 12.2. The van der Waals surface area contributed by atoms with E-state index in [1.807, 2.05) is 30.3 Å². The molecule has 0 aliphatic heterocycles. The van der Waals surface area contributed by atoms with Gasteiger partial charge in [0.15, 0.2) is 6.54 Å². The molecule has 3 N–H and O–H groups in total.